The molecule has 0 bridgehead atoms. The van der Waals surface area contributed by atoms with Gasteiger partial charge in [0.15, 0.2) is 0 Å². The minimum Gasteiger partial charge on any atom is -0.340 e. The van der Waals surface area contributed by atoms with E-state index in [1.54, 1.807) is 22.8 Å². The van der Waals surface area contributed by atoms with Crippen molar-refractivity contribution in [3.05, 3.63) is 70.5 Å². The molecule has 1 aliphatic heterocycles. The van der Waals surface area contributed by atoms with Crippen LogP contribution >= 0.6 is 0 Å². The number of benzene rings is 2. The third kappa shape index (κ3) is 3.73. The first-order valence-electron chi connectivity index (χ1n) is 10.3. The maximum atomic E-state index is 13.5. The first kappa shape index (κ1) is 20.2. The summed E-state index contributed by atoms with van der Waals surface area (Å²) in [6.07, 6.45) is 0.506. The van der Waals surface area contributed by atoms with Crippen LogP contribution in [0.5, 0.6) is 0 Å². The molecule has 7 heteroatoms. The Morgan fingerprint density at radius 1 is 1.07 bits per heavy atom. The first-order chi connectivity index (χ1) is 14.5. The second kappa shape index (κ2) is 8.36. The zero-order valence-electron chi connectivity index (χ0n) is 17.2. The lowest BCUT2D eigenvalue weighted by Crippen LogP contribution is -2.49. The summed E-state index contributed by atoms with van der Waals surface area (Å²) in [6.45, 7) is 6.63. The van der Waals surface area contributed by atoms with Crippen molar-refractivity contribution >= 4 is 16.8 Å². The SMILES string of the molecule is CCC(=O)N1CCN(C(C)c2nc3ccccc3c(=O)n2-c2ccc(F)cc2)CC1. The predicted molar refractivity (Wildman–Crippen MR) is 114 cm³/mol. The highest BCUT2D eigenvalue weighted by Crippen LogP contribution is 2.24. The molecule has 0 radical (unpaired) electrons. The van der Waals surface area contributed by atoms with Crippen LogP contribution in [0.15, 0.2) is 53.3 Å². The standard InChI is InChI=1S/C23H25FN4O2/c1-3-21(29)27-14-12-26(13-15-27)16(2)22-25-20-7-5-4-6-19(20)23(30)28(22)18-10-8-17(24)9-11-18/h4-11,16H,3,12-15H2,1-2H3. The van der Waals surface area contributed by atoms with Crippen LogP contribution in [0.25, 0.3) is 16.6 Å². The number of hydrogen-bond donors (Lipinski definition) is 0. The van der Waals surface area contributed by atoms with Crippen LogP contribution in [0.3, 0.4) is 0 Å². The van der Waals surface area contributed by atoms with Gasteiger partial charge in [0.25, 0.3) is 5.56 Å². The Morgan fingerprint density at radius 3 is 2.40 bits per heavy atom. The molecule has 0 aliphatic carbocycles. The van der Waals surface area contributed by atoms with Crippen molar-refractivity contribution in [2.75, 3.05) is 26.2 Å². The molecule has 1 fully saturated rings. The molecule has 1 aromatic heterocycles. The van der Waals surface area contributed by atoms with E-state index in [-0.39, 0.29) is 23.3 Å². The fourth-order valence-electron chi connectivity index (χ4n) is 4.02. The lowest BCUT2D eigenvalue weighted by atomic mass is 10.1. The maximum Gasteiger partial charge on any atom is 0.266 e. The molecule has 1 aliphatic rings. The molecule has 1 saturated heterocycles. The van der Waals surface area contributed by atoms with Crippen molar-refractivity contribution in [1.29, 1.82) is 0 Å². The number of carbonyl (C=O) groups excluding carboxylic acids is 1. The summed E-state index contributed by atoms with van der Waals surface area (Å²) in [6, 6.07) is 13.0. The van der Waals surface area contributed by atoms with Gasteiger partial charge in [-0.05, 0) is 43.3 Å². The molecule has 1 atom stereocenters. The third-order valence-corrected chi connectivity index (χ3v) is 5.78. The van der Waals surface area contributed by atoms with E-state index in [0.29, 0.717) is 55.0 Å². The van der Waals surface area contributed by atoms with Crippen molar-refractivity contribution in [3.8, 4) is 5.69 Å². The quantitative estimate of drug-likeness (QED) is 0.666. The number of rotatable bonds is 4. The Labute approximate surface area is 174 Å². The van der Waals surface area contributed by atoms with E-state index in [0.717, 1.165) is 0 Å². The molecular formula is C23H25FN4O2. The average molecular weight is 408 g/mol. The fourth-order valence-corrected chi connectivity index (χ4v) is 4.02. The highest BCUT2D eigenvalue weighted by Gasteiger charge is 2.27. The largest absolute Gasteiger partial charge is 0.340 e. The molecule has 2 aromatic carbocycles. The summed E-state index contributed by atoms with van der Waals surface area (Å²) in [5.74, 6) is 0.418. The van der Waals surface area contributed by atoms with Crippen LogP contribution in [-0.4, -0.2) is 51.4 Å². The number of fused-ring (bicyclic) bond motifs is 1. The lowest BCUT2D eigenvalue weighted by molar-refractivity contribution is -0.132. The van der Waals surface area contributed by atoms with Gasteiger partial charge < -0.3 is 4.90 Å². The van der Waals surface area contributed by atoms with E-state index in [9.17, 15) is 14.0 Å². The minimum absolute atomic E-state index is 0.147. The highest BCUT2D eigenvalue weighted by molar-refractivity contribution is 5.78. The summed E-state index contributed by atoms with van der Waals surface area (Å²) in [5, 5.41) is 0.524. The van der Waals surface area contributed by atoms with Crippen molar-refractivity contribution in [2.45, 2.75) is 26.3 Å². The molecule has 30 heavy (non-hydrogen) atoms. The Balaban J connectivity index is 1.76. The second-order valence-corrected chi connectivity index (χ2v) is 7.55. The molecule has 0 N–H and O–H groups in total. The van der Waals surface area contributed by atoms with E-state index in [1.807, 2.05) is 36.9 Å². The van der Waals surface area contributed by atoms with Crippen LogP contribution < -0.4 is 5.56 Å². The number of amides is 1. The normalized spacial score (nSPS) is 16.0. The number of halogens is 1. The van der Waals surface area contributed by atoms with E-state index < -0.39 is 0 Å². The summed E-state index contributed by atoms with van der Waals surface area (Å²) in [5.41, 5.74) is 1.05. The van der Waals surface area contributed by atoms with Gasteiger partial charge in [-0.1, -0.05) is 19.1 Å². The molecule has 4 rings (SSSR count). The molecule has 1 unspecified atom stereocenters. The van der Waals surface area contributed by atoms with Crippen molar-refractivity contribution in [2.24, 2.45) is 0 Å². The van der Waals surface area contributed by atoms with Crippen LogP contribution in [0.4, 0.5) is 4.39 Å². The van der Waals surface area contributed by atoms with Gasteiger partial charge in [0.05, 0.1) is 22.6 Å². The van der Waals surface area contributed by atoms with E-state index in [4.69, 9.17) is 4.98 Å². The van der Waals surface area contributed by atoms with Gasteiger partial charge in [-0.15, -0.1) is 0 Å². The van der Waals surface area contributed by atoms with Gasteiger partial charge in [-0.25, -0.2) is 9.37 Å². The van der Waals surface area contributed by atoms with E-state index in [1.165, 1.54) is 12.1 Å². The third-order valence-electron chi connectivity index (χ3n) is 5.78. The number of hydrogen-bond acceptors (Lipinski definition) is 4. The maximum absolute atomic E-state index is 13.5. The number of carbonyl (C=O) groups is 1. The average Bonchev–Trinajstić information content (AvgIpc) is 2.79. The van der Waals surface area contributed by atoms with Crippen LogP contribution in [-0.2, 0) is 4.79 Å². The predicted octanol–water partition coefficient (Wildman–Crippen LogP) is 3.14. The number of para-hydroxylation sites is 1. The van der Waals surface area contributed by atoms with Gasteiger partial charge in [0.1, 0.15) is 11.6 Å². The molecule has 156 valence electrons. The van der Waals surface area contributed by atoms with Crippen LogP contribution in [0, 0.1) is 5.82 Å². The Kier molecular flexibility index (Phi) is 5.63. The summed E-state index contributed by atoms with van der Waals surface area (Å²) < 4.78 is 15.1. The second-order valence-electron chi connectivity index (χ2n) is 7.55. The topological polar surface area (TPSA) is 58.4 Å². The molecular weight excluding hydrogens is 383 g/mol. The van der Waals surface area contributed by atoms with E-state index >= 15 is 0 Å². The Hall–Kier alpha value is -3.06. The Bertz CT molecular complexity index is 1120. The number of aromatic nitrogens is 2. The molecule has 0 spiro atoms. The van der Waals surface area contributed by atoms with Crippen LogP contribution in [0.1, 0.15) is 32.1 Å². The Morgan fingerprint density at radius 2 is 1.73 bits per heavy atom. The lowest BCUT2D eigenvalue weighted by Gasteiger charge is -2.38. The minimum atomic E-state index is -0.355. The van der Waals surface area contributed by atoms with Gasteiger partial charge in [-0.2, -0.15) is 0 Å². The van der Waals surface area contributed by atoms with E-state index in [2.05, 4.69) is 4.90 Å². The summed E-state index contributed by atoms with van der Waals surface area (Å²) in [7, 11) is 0. The van der Waals surface area contributed by atoms with Gasteiger partial charge in [0.2, 0.25) is 5.91 Å². The summed E-state index contributed by atoms with van der Waals surface area (Å²) in [4.78, 5) is 34.3. The van der Waals surface area contributed by atoms with Gasteiger partial charge in [0, 0.05) is 32.6 Å². The monoisotopic (exact) mass is 408 g/mol. The number of piperazine rings is 1. The van der Waals surface area contributed by atoms with Crippen molar-refractivity contribution in [3.63, 3.8) is 0 Å². The molecule has 0 saturated carbocycles. The van der Waals surface area contributed by atoms with Crippen molar-refractivity contribution < 1.29 is 9.18 Å². The van der Waals surface area contributed by atoms with Gasteiger partial charge in [-0.3, -0.25) is 19.1 Å². The molecule has 3 aromatic rings. The zero-order valence-corrected chi connectivity index (χ0v) is 17.2. The zero-order chi connectivity index (χ0) is 21.3. The van der Waals surface area contributed by atoms with Gasteiger partial charge >= 0.3 is 0 Å². The van der Waals surface area contributed by atoms with Crippen LogP contribution in [0.2, 0.25) is 0 Å². The highest BCUT2D eigenvalue weighted by atomic mass is 19.1. The molecule has 1 amide bonds. The smallest absolute Gasteiger partial charge is 0.266 e. The number of nitrogens with zero attached hydrogens (tertiary/aromatic N) is 4. The fraction of sp³-hybridized carbons (Fsp3) is 0.348. The molecule has 6 nitrogen and oxygen atoms in total. The summed E-state index contributed by atoms with van der Waals surface area (Å²) >= 11 is 0. The first-order valence-corrected chi connectivity index (χ1v) is 10.3. The van der Waals surface area contributed by atoms with Crippen molar-refractivity contribution in [1.82, 2.24) is 19.4 Å². The molecule has 2 heterocycles.